The first-order chi connectivity index (χ1) is 26.0. The van der Waals surface area contributed by atoms with Gasteiger partial charge in [0.05, 0.1) is 0 Å². The minimum Gasteiger partial charge on any atom is -0.462 e. The summed E-state index contributed by atoms with van der Waals surface area (Å²) in [7, 11) is 0. The lowest BCUT2D eigenvalue weighted by molar-refractivity contribution is -0.167. The quantitative estimate of drug-likeness (QED) is 0.0268. The largest absolute Gasteiger partial charge is 0.462 e. The van der Waals surface area contributed by atoms with Crippen molar-refractivity contribution in [3.63, 3.8) is 0 Å². The van der Waals surface area contributed by atoms with Crippen LogP contribution in [0, 0.1) is 0 Å². The Morgan fingerprint density at radius 2 is 0.623 bits per heavy atom. The summed E-state index contributed by atoms with van der Waals surface area (Å²) in [5, 5.41) is 0. The van der Waals surface area contributed by atoms with Crippen molar-refractivity contribution >= 4 is 17.9 Å². The van der Waals surface area contributed by atoms with Crippen molar-refractivity contribution in [3.8, 4) is 0 Å². The van der Waals surface area contributed by atoms with Gasteiger partial charge in [-0.3, -0.25) is 14.4 Å². The summed E-state index contributed by atoms with van der Waals surface area (Å²) in [5.74, 6) is -0.870. The molecule has 6 heteroatoms. The summed E-state index contributed by atoms with van der Waals surface area (Å²) in [6.07, 6.45) is 44.7. The molecule has 53 heavy (non-hydrogen) atoms. The number of ether oxygens (including phenoxy) is 3. The van der Waals surface area contributed by atoms with Gasteiger partial charge >= 0.3 is 17.9 Å². The molecule has 0 radical (unpaired) electrons. The molecule has 0 rings (SSSR count). The van der Waals surface area contributed by atoms with Gasteiger partial charge in [0.1, 0.15) is 13.2 Å². The van der Waals surface area contributed by atoms with Gasteiger partial charge in [-0.15, -0.1) is 0 Å². The Balaban J connectivity index is 4.34. The number of hydrogen-bond acceptors (Lipinski definition) is 6. The Bertz CT molecular complexity index is 824. The first-order valence-corrected chi connectivity index (χ1v) is 23.2. The topological polar surface area (TPSA) is 78.9 Å². The number of rotatable bonds is 42. The van der Waals surface area contributed by atoms with Gasteiger partial charge in [-0.2, -0.15) is 0 Å². The Morgan fingerprint density at radius 1 is 0.358 bits per heavy atom. The molecule has 0 fully saturated rings. The van der Waals surface area contributed by atoms with Gasteiger partial charge in [0.25, 0.3) is 0 Å². The minimum atomic E-state index is -0.764. The van der Waals surface area contributed by atoms with Gasteiger partial charge in [-0.1, -0.05) is 200 Å². The summed E-state index contributed by atoms with van der Waals surface area (Å²) in [6, 6.07) is 0. The van der Waals surface area contributed by atoms with Crippen LogP contribution in [0.5, 0.6) is 0 Å². The third kappa shape index (κ3) is 41.2. The molecule has 0 bridgehead atoms. The van der Waals surface area contributed by atoms with Crippen LogP contribution < -0.4 is 0 Å². The second-order valence-corrected chi connectivity index (χ2v) is 15.7. The number of carbonyl (C=O) groups excluding carboxylic acids is 3. The maximum atomic E-state index is 12.7. The number of unbranched alkanes of at least 4 members (excludes halogenated alkanes) is 29. The molecule has 0 aromatic heterocycles. The van der Waals surface area contributed by atoms with E-state index in [0.717, 1.165) is 64.2 Å². The van der Waals surface area contributed by atoms with E-state index < -0.39 is 6.10 Å². The zero-order valence-electron chi connectivity index (χ0n) is 35.6. The van der Waals surface area contributed by atoms with Crippen LogP contribution in [0.4, 0.5) is 0 Å². The predicted molar refractivity (Wildman–Crippen MR) is 224 cm³/mol. The maximum Gasteiger partial charge on any atom is 0.306 e. The summed E-state index contributed by atoms with van der Waals surface area (Å²) in [6.45, 7) is 6.61. The summed E-state index contributed by atoms with van der Waals surface area (Å²) >= 11 is 0. The van der Waals surface area contributed by atoms with E-state index in [-0.39, 0.29) is 31.1 Å². The minimum absolute atomic E-state index is 0.0681. The second-order valence-electron chi connectivity index (χ2n) is 15.7. The second kappa shape index (κ2) is 42.9. The first-order valence-electron chi connectivity index (χ1n) is 23.2. The van der Waals surface area contributed by atoms with Gasteiger partial charge in [0.15, 0.2) is 6.10 Å². The molecular formula is C47H88O6. The molecule has 0 aliphatic carbocycles. The van der Waals surface area contributed by atoms with Crippen molar-refractivity contribution in [1.82, 2.24) is 0 Å². The van der Waals surface area contributed by atoms with Gasteiger partial charge in [0, 0.05) is 19.3 Å². The highest BCUT2D eigenvalue weighted by Crippen LogP contribution is 2.15. The molecule has 0 saturated heterocycles. The standard InChI is InChI=1S/C47H88O6/c1-4-7-10-13-16-19-22-23-26-28-31-34-37-40-46(49)52-43-44(53-47(50)41-38-35-32-29-25-21-18-15-12-9-6-3)42-51-45(48)39-36-33-30-27-24-20-17-14-11-8-5-2/h19,22,44H,4-18,20-21,23-43H2,1-3H3/b22-19-/t44-/m1/s1. The summed E-state index contributed by atoms with van der Waals surface area (Å²) in [5.41, 5.74) is 0. The third-order valence-electron chi connectivity index (χ3n) is 10.3. The fourth-order valence-corrected chi connectivity index (χ4v) is 6.73. The highest BCUT2D eigenvalue weighted by Gasteiger charge is 2.19. The molecule has 0 aliphatic rings. The number of hydrogen-bond donors (Lipinski definition) is 0. The van der Waals surface area contributed by atoms with Gasteiger partial charge < -0.3 is 14.2 Å². The third-order valence-corrected chi connectivity index (χ3v) is 10.3. The van der Waals surface area contributed by atoms with Gasteiger partial charge in [-0.25, -0.2) is 0 Å². The first kappa shape index (κ1) is 51.1. The van der Waals surface area contributed by atoms with Crippen LogP contribution in [0.2, 0.25) is 0 Å². The molecule has 0 heterocycles. The molecule has 1 atom stereocenters. The van der Waals surface area contributed by atoms with Gasteiger partial charge in [-0.05, 0) is 44.9 Å². The average Bonchev–Trinajstić information content (AvgIpc) is 3.15. The van der Waals surface area contributed by atoms with Crippen molar-refractivity contribution in [2.75, 3.05) is 13.2 Å². The maximum absolute atomic E-state index is 12.7. The van der Waals surface area contributed by atoms with Crippen molar-refractivity contribution < 1.29 is 28.6 Å². The fourth-order valence-electron chi connectivity index (χ4n) is 6.73. The van der Waals surface area contributed by atoms with Crippen LogP contribution >= 0.6 is 0 Å². The molecule has 0 amide bonds. The van der Waals surface area contributed by atoms with E-state index in [1.807, 2.05) is 0 Å². The van der Waals surface area contributed by atoms with Crippen LogP contribution in [-0.2, 0) is 28.6 Å². The Kier molecular flexibility index (Phi) is 41.4. The van der Waals surface area contributed by atoms with Crippen molar-refractivity contribution in [3.05, 3.63) is 12.2 Å². The van der Waals surface area contributed by atoms with Crippen LogP contribution in [0.3, 0.4) is 0 Å². The Hall–Kier alpha value is -1.85. The van der Waals surface area contributed by atoms with Crippen LogP contribution in [-0.4, -0.2) is 37.2 Å². The van der Waals surface area contributed by atoms with Crippen molar-refractivity contribution in [2.24, 2.45) is 0 Å². The molecule has 0 aliphatic heterocycles. The molecule has 0 aromatic rings. The lowest BCUT2D eigenvalue weighted by Gasteiger charge is -2.18. The number of carbonyl (C=O) groups is 3. The SMILES string of the molecule is CCCCCC/C=C\CCCCCCCC(=O)OC[C@@H](COC(=O)CCCCCCCCCCCCC)OC(=O)CCCCCCCCCCCCC. The van der Waals surface area contributed by atoms with E-state index in [2.05, 4.69) is 32.9 Å². The Labute approximate surface area is 329 Å². The monoisotopic (exact) mass is 749 g/mol. The highest BCUT2D eigenvalue weighted by atomic mass is 16.6. The average molecular weight is 749 g/mol. The summed E-state index contributed by atoms with van der Waals surface area (Å²) < 4.78 is 16.7. The van der Waals surface area contributed by atoms with E-state index in [1.165, 1.54) is 148 Å². The zero-order chi connectivity index (χ0) is 38.7. The van der Waals surface area contributed by atoms with E-state index in [4.69, 9.17) is 14.2 Å². The molecule has 0 aromatic carbocycles. The van der Waals surface area contributed by atoms with E-state index in [9.17, 15) is 14.4 Å². The molecule has 6 nitrogen and oxygen atoms in total. The zero-order valence-corrected chi connectivity index (χ0v) is 35.6. The predicted octanol–water partition coefficient (Wildman–Crippen LogP) is 14.6. The molecule has 0 saturated carbocycles. The molecule has 0 spiro atoms. The Morgan fingerprint density at radius 3 is 0.962 bits per heavy atom. The van der Waals surface area contributed by atoms with Crippen LogP contribution in [0.1, 0.15) is 252 Å². The van der Waals surface area contributed by atoms with Crippen LogP contribution in [0.15, 0.2) is 12.2 Å². The lowest BCUT2D eigenvalue weighted by Crippen LogP contribution is -2.30. The number of esters is 3. The molecule has 0 N–H and O–H groups in total. The van der Waals surface area contributed by atoms with Crippen molar-refractivity contribution in [1.29, 1.82) is 0 Å². The molecular weight excluding hydrogens is 661 g/mol. The fraction of sp³-hybridized carbons (Fsp3) is 0.894. The lowest BCUT2D eigenvalue weighted by atomic mass is 10.1. The van der Waals surface area contributed by atoms with E-state index >= 15 is 0 Å². The van der Waals surface area contributed by atoms with Crippen LogP contribution in [0.25, 0.3) is 0 Å². The van der Waals surface area contributed by atoms with E-state index in [1.54, 1.807) is 0 Å². The summed E-state index contributed by atoms with van der Waals surface area (Å²) in [4.78, 5) is 37.7. The molecule has 0 unspecified atom stereocenters. The molecule has 312 valence electrons. The highest BCUT2D eigenvalue weighted by molar-refractivity contribution is 5.71. The number of allylic oxidation sites excluding steroid dienone is 2. The normalized spacial score (nSPS) is 12.0. The van der Waals surface area contributed by atoms with Crippen molar-refractivity contribution in [2.45, 2.75) is 258 Å². The van der Waals surface area contributed by atoms with E-state index in [0.29, 0.717) is 19.3 Å². The van der Waals surface area contributed by atoms with Gasteiger partial charge in [0.2, 0.25) is 0 Å². The smallest absolute Gasteiger partial charge is 0.306 e.